The summed E-state index contributed by atoms with van der Waals surface area (Å²) in [6.45, 7) is 2.46. The molecule has 2 fully saturated rings. The maximum Gasteiger partial charge on any atom is 0.239 e. The number of amides is 1. The van der Waals surface area contributed by atoms with Crippen LogP contribution < -0.4 is 0 Å². The Bertz CT molecular complexity index is 333. The van der Waals surface area contributed by atoms with Gasteiger partial charge in [0, 0.05) is 24.5 Å². The first-order valence-electron chi connectivity index (χ1n) is 6.25. The van der Waals surface area contributed by atoms with Crippen LogP contribution in [0, 0.1) is 0 Å². The van der Waals surface area contributed by atoms with Crippen LogP contribution in [0.3, 0.4) is 0 Å². The summed E-state index contributed by atoms with van der Waals surface area (Å²) < 4.78 is 0. The molecule has 0 unspecified atom stereocenters. The molecule has 6 nitrogen and oxygen atoms in total. The largest absolute Gasteiger partial charge is 0.341 e. The van der Waals surface area contributed by atoms with Gasteiger partial charge in [0.05, 0.1) is 12.1 Å². The fourth-order valence-corrected chi connectivity index (χ4v) is 2.74. The summed E-state index contributed by atoms with van der Waals surface area (Å²) in [4.78, 5) is 19.1. The van der Waals surface area contributed by atoms with Gasteiger partial charge >= 0.3 is 0 Å². The van der Waals surface area contributed by atoms with E-state index < -0.39 is 0 Å². The average Bonchev–Trinajstić information content (AvgIpc) is 2.71. The van der Waals surface area contributed by atoms with Crippen LogP contribution in [0.15, 0.2) is 5.11 Å². The summed E-state index contributed by atoms with van der Waals surface area (Å²) in [5, 5.41) is 3.72. The van der Waals surface area contributed by atoms with Crippen molar-refractivity contribution in [3.63, 3.8) is 0 Å². The lowest BCUT2D eigenvalue weighted by Gasteiger charge is -2.31. The van der Waals surface area contributed by atoms with E-state index in [1.54, 1.807) is 0 Å². The number of nitrogens with zero attached hydrogens (tertiary/aromatic N) is 5. The quantitative estimate of drug-likeness (QED) is 0.413. The molecule has 0 radical (unpaired) electrons. The molecule has 2 atom stereocenters. The van der Waals surface area contributed by atoms with E-state index in [1.807, 2.05) is 16.8 Å². The predicted octanol–water partition coefficient (Wildman–Crippen LogP) is 1.38. The molecule has 17 heavy (non-hydrogen) atoms. The maximum atomic E-state index is 12.3. The van der Waals surface area contributed by atoms with Gasteiger partial charge in [0.15, 0.2) is 0 Å². The zero-order valence-electron chi connectivity index (χ0n) is 10.2. The molecule has 6 heteroatoms. The van der Waals surface area contributed by atoms with Crippen LogP contribution in [-0.4, -0.2) is 54.5 Å². The van der Waals surface area contributed by atoms with E-state index in [4.69, 9.17) is 5.53 Å². The molecule has 0 aromatic carbocycles. The Balaban J connectivity index is 1.97. The van der Waals surface area contributed by atoms with Crippen LogP contribution in [0.4, 0.5) is 0 Å². The van der Waals surface area contributed by atoms with Gasteiger partial charge in [-0.1, -0.05) is 5.11 Å². The Hall–Kier alpha value is -1.26. The molecule has 1 amide bonds. The van der Waals surface area contributed by atoms with E-state index in [9.17, 15) is 4.79 Å². The van der Waals surface area contributed by atoms with Gasteiger partial charge in [-0.05, 0) is 38.3 Å². The third-order valence-corrected chi connectivity index (χ3v) is 3.69. The highest BCUT2D eigenvalue weighted by Gasteiger charge is 2.36. The molecule has 0 aliphatic carbocycles. The van der Waals surface area contributed by atoms with E-state index in [-0.39, 0.29) is 18.0 Å². The summed E-state index contributed by atoms with van der Waals surface area (Å²) in [6.07, 6.45) is 4.12. The summed E-state index contributed by atoms with van der Waals surface area (Å²) >= 11 is 0. The molecular weight excluding hydrogens is 218 g/mol. The van der Waals surface area contributed by atoms with Crippen molar-refractivity contribution in [3.8, 4) is 0 Å². The van der Waals surface area contributed by atoms with Crippen LogP contribution >= 0.6 is 0 Å². The number of likely N-dealkylation sites (tertiary alicyclic amines) is 2. The Morgan fingerprint density at radius 1 is 1.35 bits per heavy atom. The Morgan fingerprint density at radius 2 is 2.06 bits per heavy atom. The molecule has 2 heterocycles. The minimum absolute atomic E-state index is 0.0521. The zero-order valence-corrected chi connectivity index (χ0v) is 10.2. The van der Waals surface area contributed by atoms with Crippen molar-refractivity contribution < 1.29 is 4.79 Å². The Labute approximate surface area is 101 Å². The Kier molecular flexibility index (Phi) is 3.86. The van der Waals surface area contributed by atoms with Crippen molar-refractivity contribution in [2.75, 3.05) is 26.7 Å². The molecular formula is C11H19N5O. The molecule has 0 N–H and O–H groups in total. The second kappa shape index (κ2) is 5.38. The van der Waals surface area contributed by atoms with E-state index in [0.29, 0.717) is 13.0 Å². The van der Waals surface area contributed by atoms with Crippen molar-refractivity contribution in [2.45, 2.75) is 37.8 Å². The van der Waals surface area contributed by atoms with Crippen molar-refractivity contribution in [1.82, 2.24) is 9.80 Å². The number of likely N-dealkylation sites (N-methyl/N-ethyl adjacent to an activating group) is 1. The molecule has 0 spiro atoms. The van der Waals surface area contributed by atoms with Gasteiger partial charge < -0.3 is 4.90 Å². The number of carbonyl (C=O) groups excluding carboxylic acids is 1. The van der Waals surface area contributed by atoms with Crippen LogP contribution in [-0.2, 0) is 4.79 Å². The summed E-state index contributed by atoms with van der Waals surface area (Å²) in [6, 6.07) is -0.146. The van der Waals surface area contributed by atoms with E-state index in [0.717, 1.165) is 25.9 Å². The lowest BCUT2D eigenvalue weighted by Crippen LogP contribution is -2.46. The molecule has 2 aliphatic heterocycles. The van der Waals surface area contributed by atoms with Crippen molar-refractivity contribution in [3.05, 3.63) is 10.4 Å². The monoisotopic (exact) mass is 237 g/mol. The summed E-state index contributed by atoms with van der Waals surface area (Å²) in [5.41, 5.74) is 8.43. The standard InChI is InChI=1S/C11H19N5O/c1-15-8-9(13-14-12)7-10(15)11(17)16-5-3-2-4-6-16/h9-10H,2-8H2,1H3/t9-,10-/m0/s1. The van der Waals surface area contributed by atoms with Crippen molar-refractivity contribution in [2.24, 2.45) is 5.11 Å². The molecule has 2 aliphatic rings. The minimum Gasteiger partial charge on any atom is -0.341 e. The third kappa shape index (κ3) is 2.70. The van der Waals surface area contributed by atoms with Crippen LogP contribution in [0.25, 0.3) is 10.4 Å². The van der Waals surface area contributed by atoms with Gasteiger partial charge in [-0.2, -0.15) is 0 Å². The molecule has 2 rings (SSSR count). The highest BCUT2D eigenvalue weighted by Crippen LogP contribution is 2.22. The number of hydrogen-bond acceptors (Lipinski definition) is 3. The van der Waals surface area contributed by atoms with Crippen molar-refractivity contribution >= 4 is 5.91 Å². The van der Waals surface area contributed by atoms with Gasteiger partial charge in [0.2, 0.25) is 5.91 Å². The topological polar surface area (TPSA) is 72.3 Å². The SMILES string of the molecule is CN1C[C@@H](N=[N+]=[N-])C[C@H]1C(=O)N1CCCCC1. The first-order valence-corrected chi connectivity index (χ1v) is 6.25. The van der Waals surface area contributed by atoms with Crippen LogP contribution in [0.2, 0.25) is 0 Å². The first-order chi connectivity index (χ1) is 8.22. The number of rotatable bonds is 2. The molecule has 0 saturated carbocycles. The average molecular weight is 237 g/mol. The summed E-state index contributed by atoms with van der Waals surface area (Å²) in [5.74, 6) is 0.211. The number of azide groups is 1. The lowest BCUT2D eigenvalue weighted by molar-refractivity contribution is -0.136. The number of hydrogen-bond donors (Lipinski definition) is 0. The lowest BCUT2D eigenvalue weighted by atomic mass is 10.1. The molecule has 0 aromatic heterocycles. The van der Waals surface area contributed by atoms with Gasteiger partial charge in [0.25, 0.3) is 0 Å². The first kappa shape index (κ1) is 12.2. The smallest absolute Gasteiger partial charge is 0.239 e. The molecule has 0 aromatic rings. The maximum absolute atomic E-state index is 12.3. The zero-order chi connectivity index (χ0) is 12.3. The second-order valence-corrected chi connectivity index (χ2v) is 4.94. The van der Waals surface area contributed by atoms with Gasteiger partial charge in [-0.25, -0.2) is 0 Å². The molecule has 2 saturated heterocycles. The van der Waals surface area contributed by atoms with Crippen LogP contribution in [0.5, 0.6) is 0 Å². The van der Waals surface area contributed by atoms with Gasteiger partial charge in [-0.3, -0.25) is 9.69 Å². The van der Waals surface area contributed by atoms with Crippen molar-refractivity contribution in [1.29, 1.82) is 0 Å². The predicted molar refractivity (Wildman–Crippen MR) is 64.4 cm³/mol. The molecule has 94 valence electrons. The number of piperidine rings is 1. The highest BCUT2D eigenvalue weighted by atomic mass is 16.2. The normalized spacial score (nSPS) is 30.1. The van der Waals surface area contributed by atoms with E-state index >= 15 is 0 Å². The van der Waals surface area contributed by atoms with E-state index in [2.05, 4.69) is 10.0 Å². The van der Waals surface area contributed by atoms with Crippen LogP contribution in [0.1, 0.15) is 25.7 Å². The highest BCUT2D eigenvalue weighted by molar-refractivity contribution is 5.82. The third-order valence-electron chi connectivity index (χ3n) is 3.69. The fraction of sp³-hybridized carbons (Fsp3) is 0.909. The minimum atomic E-state index is -0.0939. The Morgan fingerprint density at radius 3 is 2.71 bits per heavy atom. The molecule has 0 bridgehead atoms. The van der Waals surface area contributed by atoms with Gasteiger partial charge in [-0.15, -0.1) is 0 Å². The fourth-order valence-electron chi connectivity index (χ4n) is 2.74. The van der Waals surface area contributed by atoms with E-state index in [1.165, 1.54) is 6.42 Å². The van der Waals surface area contributed by atoms with Gasteiger partial charge in [0.1, 0.15) is 0 Å². The number of carbonyl (C=O) groups is 1. The second-order valence-electron chi connectivity index (χ2n) is 4.94. The summed E-state index contributed by atoms with van der Waals surface area (Å²) in [7, 11) is 1.93.